The summed E-state index contributed by atoms with van der Waals surface area (Å²) < 4.78 is 11.6. The molecular formula is C24H35BrN2O4. The Morgan fingerprint density at radius 2 is 2.00 bits per heavy atom. The van der Waals surface area contributed by atoms with Gasteiger partial charge in [-0.15, -0.1) is 0 Å². The van der Waals surface area contributed by atoms with Crippen molar-refractivity contribution in [3.8, 4) is 0 Å². The van der Waals surface area contributed by atoms with Gasteiger partial charge < -0.3 is 19.4 Å². The first-order valence-corrected chi connectivity index (χ1v) is 11.7. The smallest absolute Gasteiger partial charge is 0.407 e. The van der Waals surface area contributed by atoms with Gasteiger partial charge in [-0.2, -0.15) is 0 Å². The molecule has 1 saturated heterocycles. The van der Waals surface area contributed by atoms with E-state index in [0.717, 1.165) is 47.9 Å². The van der Waals surface area contributed by atoms with Crippen LogP contribution < -0.4 is 5.32 Å². The van der Waals surface area contributed by atoms with E-state index in [-0.39, 0.29) is 12.1 Å². The topological polar surface area (TPSA) is 71.8 Å². The molecule has 172 valence electrons. The third-order valence-electron chi connectivity index (χ3n) is 5.39. The molecule has 1 aliphatic rings. The average Bonchev–Trinajstić information content (AvgIpc) is 3.25. The number of rotatable bonds is 5. The lowest BCUT2D eigenvalue weighted by Crippen LogP contribution is -2.39. The van der Waals surface area contributed by atoms with Crippen molar-refractivity contribution >= 4 is 39.4 Å². The number of para-hydroxylation sites is 1. The van der Waals surface area contributed by atoms with Crippen molar-refractivity contribution in [1.29, 1.82) is 0 Å². The molecule has 1 aromatic heterocycles. The number of fused-ring (bicyclic) bond motifs is 1. The van der Waals surface area contributed by atoms with Gasteiger partial charge in [0.05, 0.1) is 0 Å². The molecule has 2 heterocycles. The van der Waals surface area contributed by atoms with Crippen LogP contribution in [0.15, 0.2) is 33.4 Å². The van der Waals surface area contributed by atoms with Gasteiger partial charge >= 0.3 is 6.09 Å². The number of furan rings is 1. The first-order chi connectivity index (χ1) is 14.5. The monoisotopic (exact) mass is 494 g/mol. The van der Waals surface area contributed by atoms with Crippen LogP contribution in [-0.4, -0.2) is 41.6 Å². The van der Waals surface area contributed by atoms with E-state index in [1.807, 2.05) is 50.8 Å². The molecule has 7 heteroatoms. The molecule has 0 radical (unpaired) electrons. The van der Waals surface area contributed by atoms with Crippen LogP contribution in [0.3, 0.4) is 0 Å². The van der Waals surface area contributed by atoms with Crippen LogP contribution in [0.4, 0.5) is 4.79 Å². The van der Waals surface area contributed by atoms with Crippen LogP contribution in [0.1, 0.15) is 59.9 Å². The summed E-state index contributed by atoms with van der Waals surface area (Å²) in [6.07, 6.45) is 3.65. The zero-order chi connectivity index (χ0) is 23.2. The van der Waals surface area contributed by atoms with E-state index < -0.39 is 5.60 Å². The molecule has 2 atom stereocenters. The first-order valence-electron chi connectivity index (χ1n) is 10.9. The Morgan fingerprint density at radius 3 is 2.61 bits per heavy atom. The number of nitrogens with one attached hydrogen (secondary N) is 1. The molecular weight excluding hydrogens is 460 g/mol. The third-order valence-corrected chi connectivity index (χ3v) is 6.03. The molecule has 0 spiro atoms. The van der Waals surface area contributed by atoms with Gasteiger partial charge in [0, 0.05) is 29.6 Å². The summed E-state index contributed by atoms with van der Waals surface area (Å²) in [5.41, 5.74) is 1.65. The largest absolute Gasteiger partial charge is 0.449 e. The maximum atomic E-state index is 11.2. The summed E-state index contributed by atoms with van der Waals surface area (Å²) >= 11 is 3.49. The van der Waals surface area contributed by atoms with E-state index in [1.165, 1.54) is 5.56 Å². The molecule has 2 unspecified atom stereocenters. The van der Waals surface area contributed by atoms with Crippen molar-refractivity contribution in [3.05, 3.63) is 34.5 Å². The summed E-state index contributed by atoms with van der Waals surface area (Å²) in [4.78, 5) is 24.1. The molecule has 2 aromatic rings. The Morgan fingerprint density at radius 1 is 1.32 bits per heavy atom. The van der Waals surface area contributed by atoms with Crippen LogP contribution in [0, 0.1) is 5.92 Å². The highest BCUT2D eigenvalue weighted by Gasteiger charge is 2.26. The number of alkyl carbamates (subject to hydrolysis) is 1. The highest BCUT2D eigenvalue weighted by molar-refractivity contribution is 9.10. The van der Waals surface area contributed by atoms with Gasteiger partial charge in [-0.25, -0.2) is 4.79 Å². The summed E-state index contributed by atoms with van der Waals surface area (Å²) in [6, 6.07) is 8.47. The van der Waals surface area contributed by atoms with Crippen molar-refractivity contribution in [3.63, 3.8) is 0 Å². The molecule has 1 N–H and O–H groups in total. The number of halogens is 1. The van der Waals surface area contributed by atoms with Gasteiger partial charge in [-0.1, -0.05) is 32.0 Å². The molecule has 0 saturated carbocycles. The van der Waals surface area contributed by atoms with E-state index in [9.17, 15) is 9.59 Å². The first kappa shape index (κ1) is 25.2. The molecule has 1 aliphatic heterocycles. The van der Waals surface area contributed by atoms with E-state index >= 15 is 0 Å². The van der Waals surface area contributed by atoms with E-state index in [0.29, 0.717) is 12.0 Å². The van der Waals surface area contributed by atoms with Gasteiger partial charge in [-0.3, -0.25) is 4.79 Å². The number of hydrogen-bond acceptors (Lipinski definition) is 4. The summed E-state index contributed by atoms with van der Waals surface area (Å²) in [5.74, 6) is 0.424. The van der Waals surface area contributed by atoms with Crippen molar-refractivity contribution in [2.24, 2.45) is 5.92 Å². The second-order valence-corrected chi connectivity index (χ2v) is 10.1. The maximum Gasteiger partial charge on any atom is 0.407 e. The Kier molecular flexibility index (Phi) is 8.98. The number of nitrogens with zero attached hydrogens (tertiary/aromatic N) is 1. The quantitative estimate of drug-likeness (QED) is 0.524. The number of benzene rings is 1. The fraction of sp³-hybridized carbons (Fsp3) is 0.583. The SMILES string of the molecule is CC(C)C(C)NC(=O)OC(C)(C)C.O=CN1CCCC1Cc1c(Br)oc2ccccc12. The van der Waals surface area contributed by atoms with Crippen LogP contribution in [0.25, 0.3) is 11.0 Å². The Labute approximate surface area is 193 Å². The number of carbonyl (C=O) groups excluding carboxylic acids is 2. The maximum absolute atomic E-state index is 11.2. The average molecular weight is 495 g/mol. The number of ether oxygens (including phenoxy) is 1. The zero-order valence-corrected chi connectivity index (χ0v) is 21.0. The van der Waals surface area contributed by atoms with Crippen molar-refractivity contribution < 1.29 is 18.7 Å². The van der Waals surface area contributed by atoms with E-state index in [2.05, 4.69) is 41.2 Å². The van der Waals surface area contributed by atoms with Gasteiger partial charge in [0.15, 0.2) is 4.67 Å². The molecule has 3 rings (SSSR count). The molecule has 0 aliphatic carbocycles. The normalized spacial score (nSPS) is 17.3. The Balaban J connectivity index is 0.000000235. The second-order valence-electron chi connectivity index (χ2n) is 9.37. The van der Waals surface area contributed by atoms with Gasteiger partial charge in [0.1, 0.15) is 11.2 Å². The second kappa shape index (κ2) is 11.0. The number of hydrogen-bond donors (Lipinski definition) is 1. The third kappa shape index (κ3) is 7.56. The molecule has 0 bridgehead atoms. The lowest BCUT2D eigenvalue weighted by atomic mass is 10.0. The summed E-state index contributed by atoms with van der Waals surface area (Å²) in [5, 5.41) is 3.92. The highest BCUT2D eigenvalue weighted by Crippen LogP contribution is 2.33. The lowest BCUT2D eigenvalue weighted by Gasteiger charge is -2.23. The predicted molar refractivity (Wildman–Crippen MR) is 127 cm³/mol. The Bertz CT molecular complexity index is 872. The minimum atomic E-state index is -0.416. The Hall–Kier alpha value is -2.02. The zero-order valence-electron chi connectivity index (χ0n) is 19.4. The van der Waals surface area contributed by atoms with E-state index in [1.54, 1.807) is 0 Å². The molecule has 6 nitrogen and oxygen atoms in total. The van der Waals surface area contributed by atoms with Crippen molar-refractivity contribution in [1.82, 2.24) is 10.2 Å². The fourth-order valence-electron chi connectivity index (χ4n) is 3.37. The number of likely N-dealkylation sites (tertiary alicyclic amines) is 1. The number of carbonyl (C=O) groups is 2. The van der Waals surface area contributed by atoms with Crippen molar-refractivity contribution in [2.45, 2.75) is 78.5 Å². The summed E-state index contributed by atoms with van der Waals surface area (Å²) in [6.45, 7) is 12.5. The highest BCUT2D eigenvalue weighted by atomic mass is 79.9. The molecule has 31 heavy (non-hydrogen) atoms. The van der Waals surface area contributed by atoms with Gasteiger partial charge in [-0.05, 0) is 74.9 Å². The minimum absolute atomic E-state index is 0.148. The fourth-order valence-corrected chi connectivity index (χ4v) is 3.92. The van der Waals surface area contributed by atoms with Crippen LogP contribution in [-0.2, 0) is 16.0 Å². The van der Waals surface area contributed by atoms with Crippen molar-refractivity contribution in [2.75, 3.05) is 6.54 Å². The molecule has 1 fully saturated rings. The minimum Gasteiger partial charge on any atom is -0.449 e. The van der Waals surface area contributed by atoms with Crippen LogP contribution in [0.5, 0.6) is 0 Å². The van der Waals surface area contributed by atoms with Gasteiger partial charge in [0.2, 0.25) is 6.41 Å². The number of amides is 2. The van der Waals surface area contributed by atoms with Gasteiger partial charge in [0.25, 0.3) is 0 Å². The van der Waals surface area contributed by atoms with E-state index in [4.69, 9.17) is 9.15 Å². The lowest BCUT2D eigenvalue weighted by molar-refractivity contribution is -0.118. The molecule has 2 amide bonds. The predicted octanol–water partition coefficient (Wildman–Crippen LogP) is 5.91. The summed E-state index contributed by atoms with van der Waals surface area (Å²) in [7, 11) is 0. The standard InChI is InChI=1S/C14H14BrNO2.C10H21NO2/c15-14-12(8-10-4-3-7-16(10)9-17)11-5-1-2-6-13(11)18-14;1-7(2)8(3)11-9(12)13-10(4,5)6/h1-2,5-6,9-10H,3-4,7-8H2;7-8H,1-6H3,(H,11,12). The van der Waals surface area contributed by atoms with Crippen LogP contribution in [0.2, 0.25) is 0 Å². The van der Waals surface area contributed by atoms with Crippen LogP contribution >= 0.6 is 15.9 Å². The molecule has 1 aromatic carbocycles.